The van der Waals surface area contributed by atoms with Gasteiger partial charge < -0.3 is 33.8 Å². The minimum atomic E-state index is -4.96. The number of hydrogen-bond acceptors (Lipinski definition) is 15. The van der Waals surface area contributed by atoms with Crippen molar-refractivity contribution in [2.45, 2.75) is 414 Å². The van der Waals surface area contributed by atoms with Crippen LogP contribution in [-0.4, -0.2) is 96.7 Å². The van der Waals surface area contributed by atoms with Crippen LogP contribution in [0.5, 0.6) is 0 Å². The van der Waals surface area contributed by atoms with E-state index >= 15 is 0 Å². The number of esters is 4. The highest BCUT2D eigenvalue weighted by Crippen LogP contribution is 2.45. The molecule has 0 aromatic carbocycles. The van der Waals surface area contributed by atoms with Gasteiger partial charge in [0, 0.05) is 25.7 Å². The van der Waals surface area contributed by atoms with E-state index in [1.54, 1.807) is 0 Å². The minimum absolute atomic E-state index is 0.105. The molecular formula is C77H150O17P2. The number of rotatable bonds is 75. The van der Waals surface area contributed by atoms with Gasteiger partial charge in [0.1, 0.15) is 19.3 Å². The Morgan fingerprint density at radius 3 is 0.792 bits per heavy atom. The highest BCUT2D eigenvalue weighted by molar-refractivity contribution is 7.47. The van der Waals surface area contributed by atoms with Crippen LogP contribution in [0.25, 0.3) is 0 Å². The molecule has 6 atom stereocenters. The molecular weight excluding hydrogens is 1260 g/mol. The molecule has 0 aromatic heterocycles. The molecule has 0 aromatic rings. The molecule has 96 heavy (non-hydrogen) atoms. The van der Waals surface area contributed by atoms with Crippen molar-refractivity contribution >= 4 is 39.5 Å². The summed E-state index contributed by atoms with van der Waals surface area (Å²) in [5.74, 6) is 0.146. The van der Waals surface area contributed by atoms with Crippen LogP contribution >= 0.6 is 15.6 Å². The van der Waals surface area contributed by atoms with Crippen molar-refractivity contribution in [3.63, 3.8) is 0 Å². The molecule has 0 bridgehead atoms. The molecule has 17 nitrogen and oxygen atoms in total. The first-order chi connectivity index (χ1) is 46.3. The zero-order valence-corrected chi connectivity index (χ0v) is 64.6. The number of ether oxygens (including phenoxy) is 4. The van der Waals surface area contributed by atoms with Crippen molar-refractivity contribution in [2.24, 2.45) is 17.8 Å². The molecule has 0 saturated heterocycles. The summed E-state index contributed by atoms with van der Waals surface area (Å²) in [6, 6.07) is 0. The Hall–Kier alpha value is -1.94. The van der Waals surface area contributed by atoms with Crippen LogP contribution in [-0.2, 0) is 65.4 Å². The Balaban J connectivity index is 5.24. The molecule has 19 heteroatoms. The van der Waals surface area contributed by atoms with E-state index in [-0.39, 0.29) is 25.7 Å². The monoisotopic (exact) mass is 1410 g/mol. The number of unbranched alkanes of at least 4 members (excludes halogenated alkanes) is 42. The van der Waals surface area contributed by atoms with Gasteiger partial charge in [-0.2, -0.15) is 0 Å². The maximum Gasteiger partial charge on any atom is 0.472 e. The fraction of sp³-hybridized carbons (Fsp3) is 0.948. The third-order valence-corrected chi connectivity index (χ3v) is 20.1. The highest BCUT2D eigenvalue weighted by atomic mass is 31.2. The highest BCUT2D eigenvalue weighted by Gasteiger charge is 2.30. The summed E-state index contributed by atoms with van der Waals surface area (Å²) in [5, 5.41) is 10.6. The maximum atomic E-state index is 13.1. The van der Waals surface area contributed by atoms with E-state index < -0.39 is 97.5 Å². The van der Waals surface area contributed by atoms with E-state index in [0.717, 1.165) is 108 Å². The molecule has 570 valence electrons. The fourth-order valence-electron chi connectivity index (χ4n) is 11.7. The van der Waals surface area contributed by atoms with Gasteiger partial charge in [0.15, 0.2) is 12.2 Å². The predicted octanol–water partition coefficient (Wildman–Crippen LogP) is 22.6. The predicted molar refractivity (Wildman–Crippen MR) is 391 cm³/mol. The molecule has 0 aliphatic rings. The second-order valence-electron chi connectivity index (χ2n) is 28.9. The van der Waals surface area contributed by atoms with Crippen LogP contribution in [0.4, 0.5) is 0 Å². The van der Waals surface area contributed by atoms with Gasteiger partial charge in [0.05, 0.1) is 26.4 Å². The van der Waals surface area contributed by atoms with Crippen molar-refractivity contribution in [1.82, 2.24) is 0 Å². The van der Waals surface area contributed by atoms with Crippen molar-refractivity contribution < 1.29 is 80.2 Å². The molecule has 0 saturated carbocycles. The Kier molecular flexibility index (Phi) is 66.2. The van der Waals surface area contributed by atoms with Crippen LogP contribution in [0.1, 0.15) is 395 Å². The lowest BCUT2D eigenvalue weighted by atomic mass is 9.99. The minimum Gasteiger partial charge on any atom is -0.462 e. The van der Waals surface area contributed by atoms with Gasteiger partial charge in [-0.25, -0.2) is 9.13 Å². The second kappa shape index (κ2) is 67.5. The number of aliphatic hydroxyl groups is 1. The van der Waals surface area contributed by atoms with E-state index in [2.05, 4.69) is 48.5 Å². The van der Waals surface area contributed by atoms with Crippen LogP contribution in [0.15, 0.2) is 0 Å². The number of phosphoric ester groups is 2. The first-order valence-corrected chi connectivity index (χ1v) is 42.9. The molecule has 3 unspecified atom stereocenters. The largest absolute Gasteiger partial charge is 0.472 e. The lowest BCUT2D eigenvalue weighted by Gasteiger charge is -2.21. The first-order valence-electron chi connectivity index (χ1n) is 39.9. The smallest absolute Gasteiger partial charge is 0.462 e. The third kappa shape index (κ3) is 69.2. The van der Waals surface area contributed by atoms with E-state index in [1.165, 1.54) is 199 Å². The van der Waals surface area contributed by atoms with Gasteiger partial charge in [0.2, 0.25) is 0 Å². The maximum absolute atomic E-state index is 13.1. The molecule has 3 N–H and O–H groups in total. The van der Waals surface area contributed by atoms with Gasteiger partial charge in [-0.1, -0.05) is 344 Å². The zero-order chi connectivity index (χ0) is 70.9. The van der Waals surface area contributed by atoms with E-state index in [0.29, 0.717) is 31.6 Å². The summed E-state index contributed by atoms with van der Waals surface area (Å²) in [7, 11) is -9.91. The molecule has 0 aliphatic heterocycles. The molecule has 0 fully saturated rings. The van der Waals surface area contributed by atoms with Gasteiger partial charge >= 0.3 is 39.5 Å². The number of aliphatic hydroxyl groups excluding tert-OH is 1. The van der Waals surface area contributed by atoms with E-state index in [1.807, 2.05) is 0 Å². The second-order valence-corrected chi connectivity index (χ2v) is 31.8. The third-order valence-electron chi connectivity index (χ3n) is 18.2. The summed E-state index contributed by atoms with van der Waals surface area (Å²) in [5.41, 5.74) is 0. The Morgan fingerprint density at radius 2 is 0.531 bits per heavy atom. The molecule has 0 aliphatic carbocycles. The molecule has 0 amide bonds. The normalized spacial score (nSPS) is 14.3. The lowest BCUT2D eigenvalue weighted by Crippen LogP contribution is -2.30. The number of hydrogen-bond donors (Lipinski definition) is 3. The van der Waals surface area contributed by atoms with Crippen LogP contribution in [0.2, 0.25) is 0 Å². The molecule has 0 spiro atoms. The van der Waals surface area contributed by atoms with Gasteiger partial charge in [-0.3, -0.25) is 37.3 Å². The Morgan fingerprint density at radius 1 is 0.302 bits per heavy atom. The van der Waals surface area contributed by atoms with Crippen LogP contribution in [0, 0.1) is 17.8 Å². The molecule has 0 heterocycles. The Labute approximate surface area is 588 Å². The lowest BCUT2D eigenvalue weighted by molar-refractivity contribution is -0.161. The van der Waals surface area contributed by atoms with Crippen LogP contribution < -0.4 is 0 Å². The summed E-state index contributed by atoms with van der Waals surface area (Å²) >= 11 is 0. The molecule has 0 radical (unpaired) electrons. The summed E-state index contributed by atoms with van der Waals surface area (Å²) < 4.78 is 68.5. The SMILES string of the molecule is CCCCCCCCCCCCCCCCCCCCC(=O)O[C@H](COC(=O)CCCCCCCCCCCCCCC(C)C)COP(=O)(O)OC[C@@H](O)COP(=O)(O)OC[C@@H](COC(=O)CCCCCCCCC(C)C)OC(=O)CCCCCCCCCCCCC(C)CC. The number of carbonyl (C=O) groups excluding carboxylic acids is 4. The average molecular weight is 1410 g/mol. The fourth-order valence-corrected chi connectivity index (χ4v) is 13.3. The summed E-state index contributed by atoms with van der Waals surface area (Å²) in [6.07, 6.45) is 54.2. The van der Waals surface area contributed by atoms with E-state index in [4.69, 9.17) is 37.0 Å². The van der Waals surface area contributed by atoms with Crippen LogP contribution in [0.3, 0.4) is 0 Å². The quantitative estimate of drug-likeness (QED) is 0.0222. The first kappa shape index (κ1) is 94.1. The Bertz CT molecular complexity index is 1870. The topological polar surface area (TPSA) is 237 Å². The standard InChI is InChI=1S/C77H150O17P2/c1-8-10-11-12-13-14-15-16-17-18-19-20-21-26-32-37-46-53-60-76(81)93-72(64-87-74(79)58-51-44-36-31-25-23-22-24-29-34-41-48-55-68(3)4)66-91-95(83,84)89-62-71(78)63-90-96(85,86)92-67-73(65-88-75(80)59-52-45-40-39-42-49-56-69(5)6)94-77(82)61-54-47-38-33-28-27-30-35-43-50-57-70(7)9-2/h68-73,78H,8-67H2,1-7H3,(H,83,84)(H,85,86)/t70?,71-,72-,73-/m1/s1. The van der Waals surface area contributed by atoms with Gasteiger partial charge in [0.25, 0.3) is 0 Å². The van der Waals surface area contributed by atoms with Crippen molar-refractivity contribution in [2.75, 3.05) is 39.6 Å². The molecule has 0 rings (SSSR count). The van der Waals surface area contributed by atoms with E-state index in [9.17, 15) is 43.2 Å². The van der Waals surface area contributed by atoms with Gasteiger partial charge in [-0.05, 0) is 43.4 Å². The summed E-state index contributed by atoms with van der Waals surface area (Å²) in [4.78, 5) is 72.8. The number of phosphoric acid groups is 2. The van der Waals surface area contributed by atoms with Crippen molar-refractivity contribution in [3.8, 4) is 0 Å². The number of carbonyl (C=O) groups is 4. The average Bonchev–Trinajstić information content (AvgIpc) is 1.48. The van der Waals surface area contributed by atoms with Crippen molar-refractivity contribution in [3.05, 3.63) is 0 Å². The summed E-state index contributed by atoms with van der Waals surface area (Å²) in [6.45, 7) is 11.9. The van der Waals surface area contributed by atoms with Gasteiger partial charge in [-0.15, -0.1) is 0 Å². The van der Waals surface area contributed by atoms with Crippen molar-refractivity contribution in [1.29, 1.82) is 0 Å². The zero-order valence-electron chi connectivity index (χ0n) is 62.8.